The van der Waals surface area contributed by atoms with Crippen LogP contribution in [0.4, 0.5) is 30.7 Å². The lowest BCUT2D eigenvalue weighted by Crippen LogP contribution is -2.14. The number of hydrogen-bond donors (Lipinski definition) is 0. The minimum absolute atomic E-state index is 0.0756. The average molecular weight is 430 g/mol. The highest BCUT2D eigenvalue weighted by molar-refractivity contribution is 5.83. The number of benzene rings is 2. The lowest BCUT2D eigenvalue weighted by Gasteiger charge is -2.28. The molecule has 0 spiro atoms. The van der Waals surface area contributed by atoms with Crippen molar-refractivity contribution in [1.82, 2.24) is 0 Å². The van der Waals surface area contributed by atoms with Crippen molar-refractivity contribution in [2.24, 2.45) is 5.92 Å². The standard InChI is InChI=1S/C23H21F7/c1-2-3-12-4-6-13(7-5-12)14-8-16(24)20(17(25)9-14)23(30)21(28)15-10-18(26)22(29)19(27)11-15/h8-13H,2-7H2,1H3. The van der Waals surface area contributed by atoms with Gasteiger partial charge in [0.2, 0.25) is 0 Å². The Morgan fingerprint density at radius 3 is 1.80 bits per heavy atom. The van der Waals surface area contributed by atoms with Gasteiger partial charge in [0.15, 0.2) is 29.1 Å². The summed E-state index contributed by atoms with van der Waals surface area (Å²) >= 11 is 0. The molecule has 7 heteroatoms. The van der Waals surface area contributed by atoms with Crippen LogP contribution in [0.25, 0.3) is 11.7 Å². The van der Waals surface area contributed by atoms with Gasteiger partial charge in [-0.3, -0.25) is 0 Å². The van der Waals surface area contributed by atoms with Crippen molar-refractivity contribution < 1.29 is 30.7 Å². The monoisotopic (exact) mass is 430 g/mol. The molecule has 162 valence electrons. The lowest BCUT2D eigenvalue weighted by molar-refractivity contribution is 0.307. The summed E-state index contributed by atoms with van der Waals surface area (Å²) in [6.45, 7) is 2.10. The predicted octanol–water partition coefficient (Wildman–Crippen LogP) is 8.22. The first-order valence-electron chi connectivity index (χ1n) is 9.92. The molecule has 0 atom stereocenters. The number of hydrogen-bond acceptors (Lipinski definition) is 0. The van der Waals surface area contributed by atoms with Crippen LogP contribution in [0.3, 0.4) is 0 Å². The van der Waals surface area contributed by atoms with Crippen molar-refractivity contribution in [1.29, 1.82) is 0 Å². The Morgan fingerprint density at radius 1 is 0.767 bits per heavy atom. The Labute approximate surface area is 170 Å². The van der Waals surface area contributed by atoms with E-state index in [2.05, 4.69) is 6.92 Å². The van der Waals surface area contributed by atoms with Crippen molar-refractivity contribution >= 4 is 11.7 Å². The van der Waals surface area contributed by atoms with Crippen LogP contribution in [0.5, 0.6) is 0 Å². The van der Waals surface area contributed by atoms with E-state index in [4.69, 9.17) is 0 Å². The number of rotatable bonds is 5. The second-order valence-electron chi connectivity index (χ2n) is 7.75. The van der Waals surface area contributed by atoms with Gasteiger partial charge in [0.25, 0.3) is 0 Å². The molecule has 0 amide bonds. The molecule has 30 heavy (non-hydrogen) atoms. The highest BCUT2D eigenvalue weighted by atomic mass is 19.2. The molecule has 0 aromatic heterocycles. The van der Waals surface area contributed by atoms with E-state index in [1.165, 1.54) is 0 Å². The molecule has 1 aliphatic rings. The second-order valence-corrected chi connectivity index (χ2v) is 7.75. The molecule has 1 saturated carbocycles. The van der Waals surface area contributed by atoms with Gasteiger partial charge in [0, 0.05) is 5.56 Å². The third-order valence-corrected chi connectivity index (χ3v) is 5.73. The summed E-state index contributed by atoms with van der Waals surface area (Å²) < 4.78 is 97.5. The van der Waals surface area contributed by atoms with Gasteiger partial charge in [-0.05, 0) is 67.3 Å². The molecule has 0 heterocycles. The minimum atomic E-state index is -1.95. The van der Waals surface area contributed by atoms with Crippen molar-refractivity contribution in [2.45, 2.75) is 51.4 Å². The maximum absolute atomic E-state index is 14.5. The van der Waals surface area contributed by atoms with Crippen LogP contribution in [-0.2, 0) is 0 Å². The first-order valence-corrected chi connectivity index (χ1v) is 9.92. The molecule has 0 N–H and O–H groups in total. The van der Waals surface area contributed by atoms with Crippen molar-refractivity contribution in [3.8, 4) is 0 Å². The molecular weight excluding hydrogens is 409 g/mol. The van der Waals surface area contributed by atoms with Crippen LogP contribution in [0, 0.1) is 35.0 Å². The molecular formula is C23H21F7. The topological polar surface area (TPSA) is 0 Å². The Bertz CT molecular complexity index is 910. The van der Waals surface area contributed by atoms with Crippen LogP contribution in [0.1, 0.15) is 68.1 Å². The lowest BCUT2D eigenvalue weighted by atomic mass is 9.77. The van der Waals surface area contributed by atoms with Gasteiger partial charge >= 0.3 is 0 Å². The quantitative estimate of drug-likeness (QED) is 0.255. The normalized spacial score (nSPS) is 20.3. The van der Waals surface area contributed by atoms with Crippen LogP contribution in [0.15, 0.2) is 24.3 Å². The fourth-order valence-corrected chi connectivity index (χ4v) is 4.15. The molecule has 1 fully saturated rings. The third kappa shape index (κ3) is 4.55. The Kier molecular flexibility index (Phi) is 6.88. The number of halogens is 7. The molecule has 2 aromatic carbocycles. The zero-order valence-corrected chi connectivity index (χ0v) is 16.4. The van der Waals surface area contributed by atoms with Gasteiger partial charge < -0.3 is 0 Å². The zero-order valence-electron chi connectivity index (χ0n) is 16.4. The van der Waals surface area contributed by atoms with E-state index >= 15 is 0 Å². The fourth-order valence-electron chi connectivity index (χ4n) is 4.15. The third-order valence-electron chi connectivity index (χ3n) is 5.73. The first kappa shape index (κ1) is 22.4. The molecule has 0 bridgehead atoms. The predicted molar refractivity (Wildman–Crippen MR) is 101 cm³/mol. The van der Waals surface area contributed by atoms with E-state index in [1.807, 2.05) is 0 Å². The van der Waals surface area contributed by atoms with Gasteiger partial charge in [0.1, 0.15) is 11.6 Å². The zero-order chi connectivity index (χ0) is 22.0. The van der Waals surface area contributed by atoms with Crippen LogP contribution < -0.4 is 0 Å². The van der Waals surface area contributed by atoms with E-state index in [-0.39, 0.29) is 18.1 Å². The molecule has 1 aliphatic carbocycles. The van der Waals surface area contributed by atoms with E-state index < -0.39 is 51.9 Å². The fraction of sp³-hybridized carbons (Fsp3) is 0.391. The van der Waals surface area contributed by atoms with E-state index in [0.29, 0.717) is 11.5 Å². The van der Waals surface area contributed by atoms with Crippen LogP contribution in [-0.4, -0.2) is 0 Å². The molecule has 2 aromatic rings. The summed E-state index contributed by atoms with van der Waals surface area (Å²) in [7, 11) is 0. The summed E-state index contributed by atoms with van der Waals surface area (Å²) in [6, 6.07) is 2.38. The van der Waals surface area contributed by atoms with Crippen molar-refractivity contribution in [3.63, 3.8) is 0 Å². The maximum atomic E-state index is 14.5. The first-order chi connectivity index (χ1) is 14.2. The second kappa shape index (κ2) is 9.23. The summed E-state index contributed by atoms with van der Waals surface area (Å²) in [5.74, 6) is -11.3. The smallest absolute Gasteiger partial charge is 0.194 e. The maximum Gasteiger partial charge on any atom is 0.194 e. The van der Waals surface area contributed by atoms with E-state index in [9.17, 15) is 30.7 Å². The Balaban J connectivity index is 1.91. The van der Waals surface area contributed by atoms with E-state index in [0.717, 1.165) is 50.7 Å². The molecule has 0 unspecified atom stereocenters. The summed E-state index contributed by atoms with van der Waals surface area (Å²) in [4.78, 5) is 0. The highest BCUT2D eigenvalue weighted by Crippen LogP contribution is 2.40. The van der Waals surface area contributed by atoms with E-state index in [1.54, 1.807) is 0 Å². The van der Waals surface area contributed by atoms with Crippen molar-refractivity contribution in [2.75, 3.05) is 0 Å². The van der Waals surface area contributed by atoms with Crippen molar-refractivity contribution in [3.05, 3.63) is 70.0 Å². The Hall–Kier alpha value is -2.31. The molecule has 0 aliphatic heterocycles. The van der Waals surface area contributed by atoms with Gasteiger partial charge in [-0.15, -0.1) is 0 Å². The van der Waals surface area contributed by atoms with Gasteiger partial charge in [-0.25, -0.2) is 30.7 Å². The van der Waals surface area contributed by atoms with Crippen LogP contribution >= 0.6 is 0 Å². The van der Waals surface area contributed by atoms with Gasteiger partial charge in [0.05, 0.1) is 5.56 Å². The van der Waals surface area contributed by atoms with Gasteiger partial charge in [-0.2, -0.15) is 0 Å². The average Bonchev–Trinajstić information content (AvgIpc) is 2.71. The molecule has 0 radical (unpaired) electrons. The summed E-state index contributed by atoms with van der Waals surface area (Å²) in [5, 5.41) is 0. The summed E-state index contributed by atoms with van der Waals surface area (Å²) in [6.07, 6.45) is 5.57. The highest BCUT2D eigenvalue weighted by Gasteiger charge is 2.26. The molecule has 3 rings (SSSR count). The minimum Gasteiger partial charge on any atom is -0.206 e. The van der Waals surface area contributed by atoms with Gasteiger partial charge in [-0.1, -0.05) is 19.8 Å². The molecule has 0 nitrogen and oxygen atoms in total. The SMILES string of the molecule is CCCC1CCC(c2cc(F)c(C(F)=C(F)c3cc(F)c(F)c(F)c3)c(F)c2)CC1. The van der Waals surface area contributed by atoms with Crippen LogP contribution in [0.2, 0.25) is 0 Å². The largest absolute Gasteiger partial charge is 0.206 e. The molecule has 0 saturated heterocycles. The summed E-state index contributed by atoms with van der Waals surface area (Å²) in [5.41, 5.74) is -1.89. The Morgan fingerprint density at radius 2 is 1.30 bits per heavy atom.